The number of hydrogen-bond acceptors (Lipinski definition) is 4. The first-order chi connectivity index (χ1) is 12.1. The van der Waals surface area contributed by atoms with Crippen molar-refractivity contribution in [3.63, 3.8) is 0 Å². The van der Waals surface area contributed by atoms with Crippen LogP contribution in [0.5, 0.6) is 11.5 Å². The van der Waals surface area contributed by atoms with Gasteiger partial charge in [-0.3, -0.25) is 14.5 Å². The predicted octanol–water partition coefficient (Wildman–Crippen LogP) is 2.84. The van der Waals surface area contributed by atoms with Crippen molar-refractivity contribution in [1.82, 2.24) is 0 Å². The number of benzene rings is 2. The van der Waals surface area contributed by atoms with Crippen molar-refractivity contribution in [3.05, 3.63) is 48.5 Å². The summed E-state index contributed by atoms with van der Waals surface area (Å²) in [7, 11) is 3.17. The van der Waals surface area contributed by atoms with E-state index in [2.05, 4.69) is 5.32 Å². The van der Waals surface area contributed by atoms with Gasteiger partial charge in [-0.05, 0) is 55.0 Å². The molecule has 0 radical (unpaired) electrons. The Morgan fingerprint density at radius 3 is 2.12 bits per heavy atom. The van der Waals surface area contributed by atoms with Gasteiger partial charge in [0.25, 0.3) is 0 Å². The summed E-state index contributed by atoms with van der Waals surface area (Å²) in [5.74, 6) is 1.16. The van der Waals surface area contributed by atoms with Crippen LogP contribution in [0.3, 0.4) is 0 Å². The van der Waals surface area contributed by atoms with Gasteiger partial charge in [-0.2, -0.15) is 0 Å². The van der Waals surface area contributed by atoms with E-state index < -0.39 is 6.04 Å². The van der Waals surface area contributed by atoms with Crippen molar-refractivity contribution in [2.24, 2.45) is 0 Å². The highest BCUT2D eigenvalue weighted by atomic mass is 16.5. The topological polar surface area (TPSA) is 67.9 Å². The quantitative estimate of drug-likeness (QED) is 0.909. The van der Waals surface area contributed by atoms with E-state index in [0.29, 0.717) is 35.7 Å². The Labute approximate surface area is 146 Å². The predicted molar refractivity (Wildman–Crippen MR) is 95.1 cm³/mol. The molecule has 1 atom stereocenters. The molecule has 6 nitrogen and oxygen atoms in total. The molecule has 1 fully saturated rings. The van der Waals surface area contributed by atoms with Crippen molar-refractivity contribution in [3.8, 4) is 11.5 Å². The SMILES string of the molecule is COc1ccc(NC(=O)C2CCC(=O)N2c2ccc(OC)cc2)cc1. The summed E-state index contributed by atoms with van der Waals surface area (Å²) in [6, 6.07) is 13.7. The molecule has 130 valence electrons. The van der Waals surface area contributed by atoms with E-state index in [4.69, 9.17) is 9.47 Å². The highest BCUT2D eigenvalue weighted by Crippen LogP contribution is 2.29. The van der Waals surface area contributed by atoms with Crippen LogP contribution in [0.2, 0.25) is 0 Å². The highest BCUT2D eigenvalue weighted by Gasteiger charge is 2.37. The Bertz CT molecular complexity index is 756. The summed E-state index contributed by atoms with van der Waals surface area (Å²) < 4.78 is 10.2. The fraction of sp³-hybridized carbons (Fsp3) is 0.263. The maximum Gasteiger partial charge on any atom is 0.247 e. The van der Waals surface area contributed by atoms with E-state index in [1.807, 2.05) is 0 Å². The first-order valence-corrected chi connectivity index (χ1v) is 8.03. The standard InChI is InChI=1S/C19H20N2O4/c1-24-15-7-3-13(4-8-15)20-19(23)17-11-12-18(22)21(17)14-5-9-16(25-2)10-6-14/h3-10,17H,11-12H2,1-2H3,(H,20,23). The molecule has 1 heterocycles. The summed E-state index contributed by atoms with van der Waals surface area (Å²) in [4.78, 5) is 26.5. The Morgan fingerprint density at radius 1 is 1.00 bits per heavy atom. The molecule has 2 aromatic carbocycles. The summed E-state index contributed by atoms with van der Waals surface area (Å²) in [6.07, 6.45) is 0.847. The van der Waals surface area contributed by atoms with Gasteiger partial charge in [0.2, 0.25) is 11.8 Å². The molecule has 0 aliphatic carbocycles. The van der Waals surface area contributed by atoms with Crippen molar-refractivity contribution in [2.75, 3.05) is 24.4 Å². The molecule has 2 aromatic rings. The molecule has 0 aromatic heterocycles. The number of amides is 2. The molecule has 0 saturated carbocycles. The van der Waals surface area contributed by atoms with Gasteiger partial charge in [-0.1, -0.05) is 0 Å². The molecule has 3 rings (SSSR count). The number of anilines is 2. The van der Waals surface area contributed by atoms with E-state index in [9.17, 15) is 9.59 Å². The normalized spacial score (nSPS) is 16.6. The summed E-state index contributed by atoms with van der Waals surface area (Å²) >= 11 is 0. The van der Waals surface area contributed by atoms with Crippen molar-refractivity contribution < 1.29 is 19.1 Å². The lowest BCUT2D eigenvalue weighted by molar-refractivity contribution is -0.120. The molecule has 2 amide bonds. The van der Waals surface area contributed by atoms with Gasteiger partial charge in [0.05, 0.1) is 14.2 Å². The van der Waals surface area contributed by atoms with Crippen molar-refractivity contribution in [1.29, 1.82) is 0 Å². The number of nitrogens with zero attached hydrogens (tertiary/aromatic N) is 1. The van der Waals surface area contributed by atoms with Crippen LogP contribution in [0.4, 0.5) is 11.4 Å². The third-order valence-electron chi connectivity index (χ3n) is 4.22. The number of rotatable bonds is 5. The van der Waals surface area contributed by atoms with E-state index in [0.717, 1.165) is 0 Å². The summed E-state index contributed by atoms with van der Waals surface area (Å²) in [5, 5.41) is 2.86. The zero-order valence-electron chi connectivity index (χ0n) is 14.2. The molecule has 1 aliphatic heterocycles. The molecule has 25 heavy (non-hydrogen) atoms. The van der Waals surface area contributed by atoms with Crippen LogP contribution in [-0.2, 0) is 9.59 Å². The van der Waals surface area contributed by atoms with E-state index >= 15 is 0 Å². The van der Waals surface area contributed by atoms with Crippen LogP contribution in [0.25, 0.3) is 0 Å². The minimum atomic E-state index is -0.525. The van der Waals surface area contributed by atoms with Crippen LogP contribution in [0.15, 0.2) is 48.5 Å². The van der Waals surface area contributed by atoms with Crippen molar-refractivity contribution in [2.45, 2.75) is 18.9 Å². The monoisotopic (exact) mass is 340 g/mol. The third kappa shape index (κ3) is 3.57. The van der Waals surface area contributed by atoms with Crippen LogP contribution < -0.4 is 19.7 Å². The lowest BCUT2D eigenvalue weighted by Crippen LogP contribution is -2.41. The summed E-state index contributed by atoms with van der Waals surface area (Å²) in [6.45, 7) is 0. The molecule has 1 aliphatic rings. The number of nitrogens with one attached hydrogen (secondary N) is 1. The fourth-order valence-corrected chi connectivity index (χ4v) is 2.90. The highest BCUT2D eigenvalue weighted by molar-refractivity contribution is 6.07. The largest absolute Gasteiger partial charge is 0.497 e. The zero-order chi connectivity index (χ0) is 17.8. The Kier molecular flexibility index (Phi) is 4.88. The van der Waals surface area contributed by atoms with Gasteiger partial charge < -0.3 is 14.8 Å². The second kappa shape index (κ2) is 7.25. The lowest BCUT2D eigenvalue weighted by Gasteiger charge is -2.24. The van der Waals surface area contributed by atoms with Crippen molar-refractivity contribution >= 4 is 23.2 Å². The first kappa shape index (κ1) is 16.8. The Morgan fingerprint density at radius 2 is 1.56 bits per heavy atom. The van der Waals surface area contributed by atoms with Gasteiger partial charge in [-0.25, -0.2) is 0 Å². The molecule has 1 unspecified atom stereocenters. The average Bonchev–Trinajstić information content (AvgIpc) is 3.04. The molecule has 6 heteroatoms. The molecule has 0 bridgehead atoms. The van der Waals surface area contributed by atoms with Gasteiger partial charge in [-0.15, -0.1) is 0 Å². The minimum Gasteiger partial charge on any atom is -0.497 e. The fourth-order valence-electron chi connectivity index (χ4n) is 2.90. The number of carbonyl (C=O) groups excluding carboxylic acids is 2. The minimum absolute atomic E-state index is 0.0555. The number of methoxy groups -OCH3 is 2. The summed E-state index contributed by atoms with van der Waals surface area (Å²) in [5.41, 5.74) is 1.36. The maximum absolute atomic E-state index is 12.7. The van der Waals surface area contributed by atoms with Gasteiger partial charge in [0.1, 0.15) is 17.5 Å². The van der Waals surface area contributed by atoms with Gasteiger partial charge >= 0.3 is 0 Å². The lowest BCUT2D eigenvalue weighted by atomic mass is 10.1. The first-order valence-electron chi connectivity index (χ1n) is 8.03. The second-order valence-electron chi connectivity index (χ2n) is 5.73. The maximum atomic E-state index is 12.7. The van der Waals surface area contributed by atoms with Crippen LogP contribution in [0.1, 0.15) is 12.8 Å². The Balaban J connectivity index is 1.76. The average molecular weight is 340 g/mol. The molecular weight excluding hydrogens is 320 g/mol. The van der Waals surface area contributed by atoms with Gasteiger partial charge in [0, 0.05) is 17.8 Å². The number of carbonyl (C=O) groups is 2. The third-order valence-corrected chi connectivity index (χ3v) is 4.22. The van der Waals surface area contributed by atoms with E-state index in [-0.39, 0.29) is 11.8 Å². The second-order valence-corrected chi connectivity index (χ2v) is 5.73. The van der Waals surface area contributed by atoms with Crippen LogP contribution in [0, 0.1) is 0 Å². The Hall–Kier alpha value is -3.02. The van der Waals surface area contributed by atoms with Gasteiger partial charge in [0.15, 0.2) is 0 Å². The molecule has 1 N–H and O–H groups in total. The zero-order valence-corrected chi connectivity index (χ0v) is 14.2. The smallest absolute Gasteiger partial charge is 0.247 e. The molecule has 1 saturated heterocycles. The van der Waals surface area contributed by atoms with Crippen LogP contribution in [-0.4, -0.2) is 32.1 Å². The van der Waals surface area contributed by atoms with Crippen LogP contribution >= 0.6 is 0 Å². The molecule has 0 spiro atoms. The van der Waals surface area contributed by atoms with E-state index in [1.54, 1.807) is 67.7 Å². The van der Waals surface area contributed by atoms with E-state index in [1.165, 1.54) is 0 Å². The molecular formula is C19H20N2O4. The number of hydrogen-bond donors (Lipinski definition) is 1. The number of ether oxygens (including phenoxy) is 2.